The van der Waals surface area contributed by atoms with Gasteiger partial charge in [0.15, 0.2) is 0 Å². The Morgan fingerprint density at radius 2 is 2.21 bits per heavy atom. The number of carbonyl (C=O) groups excluding carboxylic acids is 2. The highest BCUT2D eigenvalue weighted by Crippen LogP contribution is 2.32. The van der Waals surface area contributed by atoms with Gasteiger partial charge >= 0.3 is 0 Å². The number of hydrogen-bond acceptors (Lipinski definition) is 5. The number of nitrogens with two attached hydrogens (primary N) is 1. The Hall–Kier alpha value is -2.15. The molecule has 2 aromatic rings. The number of anilines is 1. The summed E-state index contributed by atoms with van der Waals surface area (Å²) in [5, 5.41) is 5.88. The molecule has 2 rings (SSSR count). The van der Waals surface area contributed by atoms with E-state index in [1.54, 1.807) is 25.4 Å². The lowest BCUT2D eigenvalue weighted by atomic mass is 10.2. The molecule has 1 unspecified atom stereocenters. The average Bonchev–Trinajstić information content (AvgIpc) is 2.75. The highest BCUT2D eigenvalue weighted by Gasteiger charge is 2.20. The highest BCUT2D eigenvalue weighted by atomic mass is 32.1. The summed E-state index contributed by atoms with van der Waals surface area (Å²) < 4.78 is 0.845. The zero-order valence-electron chi connectivity index (χ0n) is 10.6. The third-order valence-corrected chi connectivity index (χ3v) is 3.88. The fourth-order valence-electron chi connectivity index (χ4n) is 1.68. The maximum atomic E-state index is 12.1. The van der Waals surface area contributed by atoms with Gasteiger partial charge in [0.05, 0.1) is 10.4 Å². The SMILES string of the molecule is CNC(=O)C(C)NC(=O)c1sc2cnccc2c1N. The van der Waals surface area contributed by atoms with Crippen LogP contribution < -0.4 is 16.4 Å². The van der Waals surface area contributed by atoms with Crippen LogP contribution in [-0.2, 0) is 4.79 Å². The van der Waals surface area contributed by atoms with Gasteiger partial charge in [0.1, 0.15) is 10.9 Å². The number of fused-ring (bicyclic) bond motifs is 1. The number of amides is 2. The standard InChI is InChI=1S/C12H14N4O2S/c1-6(11(17)14-2)16-12(18)10-9(13)7-3-4-15-5-8(7)19-10/h3-6H,13H2,1-2H3,(H,14,17)(H,16,18). The zero-order chi connectivity index (χ0) is 14.0. The molecule has 19 heavy (non-hydrogen) atoms. The summed E-state index contributed by atoms with van der Waals surface area (Å²) in [6.07, 6.45) is 3.29. The zero-order valence-corrected chi connectivity index (χ0v) is 11.4. The fourth-order valence-corrected chi connectivity index (χ4v) is 2.68. The van der Waals surface area contributed by atoms with Gasteiger partial charge in [-0.25, -0.2) is 0 Å². The smallest absolute Gasteiger partial charge is 0.264 e. The van der Waals surface area contributed by atoms with E-state index in [4.69, 9.17) is 5.73 Å². The third kappa shape index (κ3) is 2.50. The van der Waals surface area contributed by atoms with E-state index in [9.17, 15) is 9.59 Å². The summed E-state index contributed by atoms with van der Waals surface area (Å²) in [5.74, 6) is -0.607. The minimum Gasteiger partial charge on any atom is -0.397 e. The van der Waals surface area contributed by atoms with E-state index in [-0.39, 0.29) is 11.8 Å². The molecule has 0 aliphatic carbocycles. The van der Waals surface area contributed by atoms with Crippen molar-refractivity contribution < 1.29 is 9.59 Å². The summed E-state index contributed by atoms with van der Waals surface area (Å²) >= 11 is 1.26. The van der Waals surface area contributed by atoms with Gasteiger partial charge in [-0.05, 0) is 13.0 Å². The summed E-state index contributed by atoms with van der Waals surface area (Å²) in [6.45, 7) is 1.61. The van der Waals surface area contributed by atoms with Crippen molar-refractivity contribution in [3.05, 3.63) is 23.3 Å². The number of aromatic nitrogens is 1. The van der Waals surface area contributed by atoms with Gasteiger partial charge in [-0.15, -0.1) is 11.3 Å². The molecular formula is C12H14N4O2S. The Kier molecular flexibility index (Phi) is 3.66. The van der Waals surface area contributed by atoms with Crippen molar-refractivity contribution in [2.75, 3.05) is 12.8 Å². The first-order chi connectivity index (χ1) is 9.04. The van der Waals surface area contributed by atoms with E-state index in [0.29, 0.717) is 10.6 Å². The van der Waals surface area contributed by atoms with Crippen LogP contribution in [0.3, 0.4) is 0 Å². The number of thiophene rings is 1. The van der Waals surface area contributed by atoms with E-state index >= 15 is 0 Å². The number of carbonyl (C=O) groups is 2. The van der Waals surface area contributed by atoms with Gasteiger partial charge in [0.2, 0.25) is 5.91 Å². The minimum absolute atomic E-state index is 0.255. The highest BCUT2D eigenvalue weighted by molar-refractivity contribution is 7.21. The first-order valence-electron chi connectivity index (χ1n) is 5.69. The van der Waals surface area contributed by atoms with E-state index < -0.39 is 6.04 Å². The Morgan fingerprint density at radius 3 is 2.84 bits per heavy atom. The van der Waals surface area contributed by atoms with Crippen LogP contribution in [0.15, 0.2) is 18.5 Å². The molecule has 0 spiro atoms. The first kappa shape index (κ1) is 13.3. The molecule has 4 N–H and O–H groups in total. The van der Waals surface area contributed by atoms with E-state index in [1.165, 1.54) is 18.4 Å². The lowest BCUT2D eigenvalue weighted by Crippen LogP contribution is -2.43. The molecule has 2 aromatic heterocycles. The normalized spacial score (nSPS) is 12.1. The molecule has 0 aromatic carbocycles. The van der Waals surface area contributed by atoms with Crippen molar-refractivity contribution in [2.45, 2.75) is 13.0 Å². The molecule has 0 bridgehead atoms. The quantitative estimate of drug-likeness (QED) is 0.771. The molecule has 100 valence electrons. The molecule has 0 fully saturated rings. The van der Waals surface area contributed by atoms with Gasteiger partial charge in [-0.2, -0.15) is 0 Å². The van der Waals surface area contributed by atoms with E-state index in [0.717, 1.165) is 10.1 Å². The van der Waals surface area contributed by atoms with Crippen LogP contribution in [0.25, 0.3) is 10.1 Å². The summed E-state index contributed by atoms with van der Waals surface area (Å²) in [6, 6.07) is 1.15. The van der Waals surface area contributed by atoms with Crippen LogP contribution in [-0.4, -0.2) is 29.9 Å². The number of nitrogen functional groups attached to an aromatic ring is 1. The van der Waals surface area contributed by atoms with Crippen molar-refractivity contribution in [1.82, 2.24) is 15.6 Å². The number of pyridine rings is 1. The number of nitrogens with one attached hydrogen (secondary N) is 2. The van der Waals surface area contributed by atoms with Crippen LogP contribution in [0.5, 0.6) is 0 Å². The lowest BCUT2D eigenvalue weighted by Gasteiger charge is -2.11. The molecule has 6 nitrogen and oxygen atoms in total. The van der Waals surface area contributed by atoms with Crippen molar-refractivity contribution in [1.29, 1.82) is 0 Å². The minimum atomic E-state index is -0.611. The number of hydrogen-bond donors (Lipinski definition) is 3. The fraction of sp³-hybridized carbons (Fsp3) is 0.250. The first-order valence-corrected chi connectivity index (χ1v) is 6.50. The molecule has 0 aliphatic heterocycles. The second-order valence-electron chi connectivity index (χ2n) is 4.03. The summed E-state index contributed by atoms with van der Waals surface area (Å²) in [4.78, 5) is 27.8. The van der Waals surface area contributed by atoms with Crippen LogP contribution in [0.4, 0.5) is 5.69 Å². The molecular weight excluding hydrogens is 264 g/mol. The van der Waals surface area contributed by atoms with Gasteiger partial charge in [0.25, 0.3) is 5.91 Å². The number of nitrogens with zero attached hydrogens (tertiary/aromatic N) is 1. The Morgan fingerprint density at radius 1 is 1.47 bits per heavy atom. The Bertz CT molecular complexity index is 638. The van der Waals surface area contributed by atoms with Gasteiger partial charge < -0.3 is 16.4 Å². The predicted octanol–water partition coefficient (Wildman–Crippen LogP) is 0.743. The topological polar surface area (TPSA) is 97.1 Å². The molecule has 1 atom stereocenters. The van der Waals surface area contributed by atoms with E-state index in [2.05, 4.69) is 15.6 Å². The number of likely N-dealkylation sites (N-methyl/N-ethyl adjacent to an activating group) is 1. The molecule has 0 aliphatic rings. The van der Waals surface area contributed by atoms with Gasteiger partial charge in [-0.3, -0.25) is 14.6 Å². The summed E-state index contributed by atoms with van der Waals surface area (Å²) in [5.41, 5.74) is 6.37. The molecule has 7 heteroatoms. The van der Waals surface area contributed by atoms with E-state index in [1.807, 2.05) is 0 Å². The second kappa shape index (κ2) is 5.23. The Labute approximate surface area is 114 Å². The lowest BCUT2D eigenvalue weighted by molar-refractivity contribution is -0.122. The van der Waals surface area contributed by atoms with Crippen LogP contribution >= 0.6 is 11.3 Å². The molecule has 0 saturated heterocycles. The van der Waals surface area contributed by atoms with Crippen molar-refractivity contribution in [3.63, 3.8) is 0 Å². The molecule has 0 radical (unpaired) electrons. The average molecular weight is 278 g/mol. The third-order valence-electron chi connectivity index (χ3n) is 2.72. The maximum absolute atomic E-state index is 12.1. The second-order valence-corrected chi connectivity index (χ2v) is 5.08. The van der Waals surface area contributed by atoms with Gasteiger partial charge in [0, 0.05) is 24.8 Å². The monoisotopic (exact) mass is 278 g/mol. The largest absolute Gasteiger partial charge is 0.397 e. The molecule has 0 saturated carbocycles. The van der Waals surface area contributed by atoms with Crippen molar-refractivity contribution in [3.8, 4) is 0 Å². The number of rotatable bonds is 3. The predicted molar refractivity (Wildman–Crippen MR) is 75.0 cm³/mol. The van der Waals surface area contributed by atoms with Crippen LogP contribution in [0.1, 0.15) is 16.6 Å². The molecule has 2 heterocycles. The van der Waals surface area contributed by atoms with Crippen LogP contribution in [0.2, 0.25) is 0 Å². The van der Waals surface area contributed by atoms with Crippen molar-refractivity contribution >= 4 is 38.9 Å². The summed E-state index contributed by atoms with van der Waals surface area (Å²) in [7, 11) is 1.52. The van der Waals surface area contributed by atoms with Gasteiger partial charge in [-0.1, -0.05) is 0 Å². The van der Waals surface area contributed by atoms with Crippen molar-refractivity contribution in [2.24, 2.45) is 0 Å². The molecule has 2 amide bonds. The van der Waals surface area contributed by atoms with Crippen LogP contribution in [0, 0.1) is 0 Å². The Balaban J connectivity index is 2.27. The maximum Gasteiger partial charge on any atom is 0.264 e.